The molecule has 0 aliphatic carbocycles. The molecule has 0 radical (unpaired) electrons. The van der Waals surface area contributed by atoms with Gasteiger partial charge >= 0.3 is 0 Å². The van der Waals surface area contributed by atoms with Crippen LogP contribution in [0.1, 0.15) is 11.4 Å². The Kier molecular flexibility index (Phi) is 9.10. The topological polar surface area (TPSA) is 160 Å². The maximum absolute atomic E-state index is 11.4. The van der Waals surface area contributed by atoms with E-state index < -0.39 is 10.0 Å². The van der Waals surface area contributed by atoms with Crippen molar-refractivity contribution in [1.29, 1.82) is 0 Å². The Balaban J connectivity index is 0.000000222. The molecule has 0 fully saturated rings. The molecule has 0 saturated carbocycles. The van der Waals surface area contributed by atoms with Gasteiger partial charge in [0.15, 0.2) is 0 Å². The normalized spacial score (nSPS) is 11.3. The van der Waals surface area contributed by atoms with Gasteiger partial charge in [-0.1, -0.05) is 0 Å². The molecular weight excluding hydrogens is 541 g/mol. The Labute approximate surface area is 223 Å². The number of phenolic OH excluding ortho intramolecular Hbond substituents is 1. The van der Waals surface area contributed by atoms with Crippen molar-refractivity contribution in [1.82, 2.24) is 29.5 Å². The summed E-state index contributed by atoms with van der Waals surface area (Å²) in [6, 6.07) is 13.5. The van der Waals surface area contributed by atoms with Crippen LogP contribution in [0.2, 0.25) is 10.6 Å². The highest BCUT2D eigenvalue weighted by Crippen LogP contribution is 2.29. The Hall–Kier alpha value is -3.65. The number of aromatic nitrogens is 5. The summed E-state index contributed by atoms with van der Waals surface area (Å²) in [7, 11) is -0.781. The van der Waals surface area contributed by atoms with Crippen molar-refractivity contribution in [3.05, 3.63) is 70.5 Å². The van der Waals surface area contributed by atoms with Crippen molar-refractivity contribution in [2.45, 2.75) is 18.7 Å². The van der Waals surface area contributed by atoms with E-state index in [2.05, 4.69) is 40.3 Å². The number of sulfonamides is 1. The van der Waals surface area contributed by atoms with Crippen LogP contribution in [-0.4, -0.2) is 52.4 Å². The number of halogens is 2. The molecule has 37 heavy (non-hydrogen) atoms. The predicted molar refractivity (Wildman–Crippen MR) is 141 cm³/mol. The van der Waals surface area contributed by atoms with Gasteiger partial charge in [0.05, 0.1) is 16.3 Å². The molecule has 4 aromatic rings. The van der Waals surface area contributed by atoms with Crippen molar-refractivity contribution in [3.8, 4) is 11.4 Å². The maximum Gasteiger partial charge on any atom is 0.240 e. The van der Waals surface area contributed by atoms with Crippen LogP contribution in [0.5, 0.6) is 5.75 Å². The first-order valence-electron chi connectivity index (χ1n) is 10.6. The van der Waals surface area contributed by atoms with Gasteiger partial charge in [0.25, 0.3) is 0 Å². The van der Waals surface area contributed by atoms with Gasteiger partial charge in [0.1, 0.15) is 11.4 Å². The molecule has 15 heteroatoms. The first kappa shape index (κ1) is 27.9. The van der Waals surface area contributed by atoms with Crippen LogP contribution in [0.25, 0.3) is 5.69 Å². The zero-order valence-corrected chi connectivity index (χ0v) is 22.5. The lowest BCUT2D eigenvalue weighted by Gasteiger charge is -2.07. The van der Waals surface area contributed by atoms with Crippen LogP contribution in [0, 0.1) is 13.8 Å². The number of nitrogens with zero attached hydrogens (tertiary/aromatic N) is 7. The second-order valence-corrected chi connectivity index (χ2v) is 9.93. The average molecular weight is 564 g/mol. The second kappa shape index (κ2) is 12.1. The number of rotatable bonds is 6. The molecule has 194 valence electrons. The SMILES string of the molecule is CN=Nc1cc(S(=O)(=O)NC)ccc1O.Cc1cc(C)n(-c2ccc(Nc3nc(Cl)nc(Cl)n3)cc2)n1. The number of aromatic hydroxyl groups is 1. The number of azo groups is 1. The van der Waals surface area contributed by atoms with Gasteiger partial charge in [-0.3, -0.25) is 0 Å². The highest BCUT2D eigenvalue weighted by atomic mass is 35.5. The van der Waals surface area contributed by atoms with Gasteiger partial charge in [-0.15, -0.1) is 0 Å². The fourth-order valence-corrected chi connectivity index (χ4v) is 4.18. The van der Waals surface area contributed by atoms with Crippen LogP contribution in [0.15, 0.2) is 63.7 Å². The smallest absolute Gasteiger partial charge is 0.240 e. The lowest BCUT2D eigenvalue weighted by molar-refractivity contribution is 0.475. The van der Waals surface area contributed by atoms with Gasteiger partial charge in [-0.25, -0.2) is 17.8 Å². The van der Waals surface area contributed by atoms with Crippen molar-refractivity contribution >= 4 is 50.5 Å². The Morgan fingerprint density at radius 3 is 2.16 bits per heavy atom. The molecule has 4 rings (SSSR count). The molecule has 2 heterocycles. The van der Waals surface area contributed by atoms with Gasteiger partial charge < -0.3 is 10.4 Å². The Bertz CT molecular complexity index is 1500. The molecule has 0 spiro atoms. The fraction of sp³-hybridized carbons (Fsp3) is 0.182. The quantitative estimate of drug-likeness (QED) is 0.283. The summed E-state index contributed by atoms with van der Waals surface area (Å²) >= 11 is 11.5. The highest BCUT2D eigenvalue weighted by molar-refractivity contribution is 7.89. The lowest BCUT2D eigenvalue weighted by atomic mass is 10.2. The third-order valence-electron chi connectivity index (χ3n) is 4.69. The highest BCUT2D eigenvalue weighted by Gasteiger charge is 2.13. The molecule has 0 bridgehead atoms. The monoisotopic (exact) mass is 563 g/mol. The lowest BCUT2D eigenvalue weighted by Crippen LogP contribution is -2.18. The minimum absolute atomic E-state index is 0.0326. The third kappa shape index (κ3) is 7.43. The van der Waals surface area contributed by atoms with E-state index in [-0.39, 0.29) is 26.9 Å². The van der Waals surface area contributed by atoms with E-state index in [9.17, 15) is 13.5 Å². The maximum atomic E-state index is 11.4. The molecule has 0 atom stereocenters. The van der Waals surface area contributed by atoms with E-state index in [1.807, 2.05) is 48.9 Å². The number of hydrogen-bond acceptors (Lipinski definition) is 10. The minimum Gasteiger partial charge on any atom is -0.506 e. The molecule has 0 unspecified atom stereocenters. The van der Waals surface area contributed by atoms with Crippen LogP contribution >= 0.6 is 23.2 Å². The van der Waals surface area contributed by atoms with E-state index in [0.717, 1.165) is 22.8 Å². The molecule has 0 aliphatic rings. The molecule has 2 aromatic carbocycles. The van der Waals surface area contributed by atoms with Gasteiger partial charge in [-0.05, 0) is 92.6 Å². The third-order valence-corrected chi connectivity index (χ3v) is 6.44. The Morgan fingerprint density at radius 2 is 1.62 bits per heavy atom. The summed E-state index contributed by atoms with van der Waals surface area (Å²) in [5.41, 5.74) is 3.96. The molecule has 0 aliphatic heterocycles. The standard InChI is InChI=1S/C14H12Cl2N6.C8H11N3O3S/c1-8-7-9(2)22(21-8)11-5-3-10(4-6-11)17-14-19-12(15)18-13(16)20-14;1-9-11-7-5-6(3-4-8(7)12)15(13,14)10-2/h3-7H,1-2H3,(H,17,18,19,20);3-5,10,12H,1-2H3. The number of hydrogen-bond donors (Lipinski definition) is 3. The number of anilines is 2. The Morgan fingerprint density at radius 1 is 0.973 bits per heavy atom. The number of phenols is 1. The van der Waals surface area contributed by atoms with Gasteiger partial charge in [-0.2, -0.15) is 30.3 Å². The second-order valence-electron chi connectivity index (χ2n) is 7.37. The van der Waals surface area contributed by atoms with E-state index >= 15 is 0 Å². The van der Waals surface area contributed by atoms with E-state index in [1.165, 1.54) is 32.3 Å². The summed E-state index contributed by atoms with van der Waals surface area (Å²) in [6.45, 7) is 3.98. The molecule has 0 amide bonds. The summed E-state index contributed by atoms with van der Waals surface area (Å²) in [6.07, 6.45) is 0. The molecule has 12 nitrogen and oxygen atoms in total. The first-order valence-corrected chi connectivity index (χ1v) is 12.8. The summed E-state index contributed by atoms with van der Waals surface area (Å²) in [4.78, 5) is 11.6. The van der Waals surface area contributed by atoms with Crippen LogP contribution in [0.3, 0.4) is 0 Å². The molecule has 3 N–H and O–H groups in total. The molecule has 2 aromatic heterocycles. The summed E-state index contributed by atoms with van der Waals surface area (Å²) in [5.74, 6) is 0.180. The van der Waals surface area contributed by atoms with E-state index in [4.69, 9.17) is 23.2 Å². The number of benzene rings is 2. The van der Waals surface area contributed by atoms with Gasteiger partial charge in [0, 0.05) is 18.4 Å². The van der Waals surface area contributed by atoms with Crippen LogP contribution in [-0.2, 0) is 10.0 Å². The minimum atomic E-state index is -3.52. The molecule has 0 saturated heterocycles. The number of nitrogens with one attached hydrogen (secondary N) is 2. The van der Waals surface area contributed by atoms with Gasteiger partial charge in [0.2, 0.25) is 26.5 Å². The first-order chi connectivity index (χ1) is 17.5. The average Bonchev–Trinajstić information content (AvgIpc) is 3.18. The van der Waals surface area contributed by atoms with Crippen LogP contribution in [0.4, 0.5) is 17.3 Å². The van der Waals surface area contributed by atoms with Crippen molar-refractivity contribution in [2.75, 3.05) is 19.4 Å². The summed E-state index contributed by atoms with van der Waals surface area (Å²) < 4.78 is 26.9. The van der Waals surface area contributed by atoms with E-state index in [1.54, 1.807) is 0 Å². The zero-order valence-electron chi connectivity index (χ0n) is 20.2. The van der Waals surface area contributed by atoms with Crippen molar-refractivity contribution in [2.24, 2.45) is 10.2 Å². The largest absolute Gasteiger partial charge is 0.506 e. The predicted octanol–water partition coefficient (Wildman–Crippen LogP) is 4.74. The zero-order chi connectivity index (χ0) is 27.2. The summed E-state index contributed by atoms with van der Waals surface area (Å²) in [5, 5.41) is 24.0. The van der Waals surface area contributed by atoms with Crippen molar-refractivity contribution < 1.29 is 13.5 Å². The van der Waals surface area contributed by atoms with Crippen molar-refractivity contribution in [3.63, 3.8) is 0 Å². The van der Waals surface area contributed by atoms with Crippen LogP contribution < -0.4 is 10.0 Å². The number of aryl methyl sites for hydroxylation is 2. The molecular formula is C22H23Cl2N9O3S. The fourth-order valence-electron chi connectivity index (χ4n) is 3.06. The van der Waals surface area contributed by atoms with E-state index in [0.29, 0.717) is 5.95 Å².